The molecule has 0 heterocycles. The Morgan fingerprint density at radius 2 is 0.857 bits per heavy atom. The molecule has 0 aliphatic heterocycles. The molecule has 0 aliphatic carbocycles. The van der Waals surface area contributed by atoms with E-state index in [4.69, 9.17) is 43.1 Å². The van der Waals surface area contributed by atoms with Gasteiger partial charge in [0.1, 0.15) is 0 Å². The normalized spacial score (nSPS) is 5.14. The van der Waals surface area contributed by atoms with Crippen molar-refractivity contribution in [2.45, 2.75) is 0 Å². The summed E-state index contributed by atoms with van der Waals surface area (Å²) >= 11 is 0. The number of hydrogen-bond donors (Lipinski definition) is 4. The van der Waals surface area contributed by atoms with E-state index in [1.54, 1.807) is 0 Å². The standard InChI is InChI=1S/CH2O3.2Na.2H2O3Si/c2-1(3)4;;;2*1-4(2)3/h(H2,2,3,4);;;2*1-2H/q;2*+1;;/p-2. The van der Waals surface area contributed by atoms with Crippen molar-refractivity contribution in [1.82, 2.24) is 0 Å². The fraction of sp³-hybridized carbons (Fsp3) is 0. The molecule has 0 aromatic rings. The van der Waals surface area contributed by atoms with Gasteiger partial charge in [0.2, 0.25) is 0 Å². The van der Waals surface area contributed by atoms with Crippen LogP contribution in [-0.2, 0) is 8.92 Å². The molecule has 0 aromatic heterocycles. The van der Waals surface area contributed by atoms with Gasteiger partial charge in [-0.05, 0) is 6.16 Å². The molecule has 0 atom stereocenters. The molecule has 0 saturated carbocycles. The third kappa shape index (κ3) is 6520. The second-order valence-corrected chi connectivity index (χ2v) is 1.95. The van der Waals surface area contributed by atoms with Crippen LogP contribution in [0.4, 0.5) is 4.79 Å². The second-order valence-electron chi connectivity index (χ2n) is 0.815. The summed E-state index contributed by atoms with van der Waals surface area (Å²) < 4.78 is 17.5. The third-order valence-electron chi connectivity index (χ3n) is 0. The molecular formula is CH4Na2O9Si2. The Hall–Kier alpha value is 0.504. The Kier molecular flexibility index (Phi) is 48.9. The predicted molar refractivity (Wildman–Crippen MR) is 27.2 cm³/mol. The van der Waals surface area contributed by atoms with Crippen LogP contribution in [0, 0.1) is 0 Å². The van der Waals surface area contributed by atoms with E-state index in [1.807, 2.05) is 0 Å². The zero-order valence-electron chi connectivity index (χ0n) is 7.33. The Balaban J connectivity index is -0.0000000270. The molecule has 14 heavy (non-hydrogen) atoms. The zero-order chi connectivity index (χ0) is 10.7. The Labute approximate surface area is 125 Å². The van der Waals surface area contributed by atoms with E-state index in [2.05, 4.69) is 0 Å². The smallest absolute Gasteiger partial charge is 0.652 e. The molecule has 0 radical (unpaired) electrons. The van der Waals surface area contributed by atoms with Gasteiger partial charge in [0.05, 0.1) is 0 Å². The summed E-state index contributed by atoms with van der Waals surface area (Å²) in [6.45, 7) is 0. The van der Waals surface area contributed by atoms with Crippen molar-refractivity contribution < 1.29 is 102 Å². The van der Waals surface area contributed by atoms with Crippen LogP contribution in [0.15, 0.2) is 0 Å². The Bertz CT molecular complexity index is 118. The first-order valence-corrected chi connectivity index (χ1v) is 4.52. The summed E-state index contributed by atoms with van der Waals surface area (Å²) in [6, 6.07) is 0. The minimum Gasteiger partial charge on any atom is -0.652 e. The van der Waals surface area contributed by atoms with Gasteiger partial charge in [0.25, 0.3) is 0 Å². The van der Waals surface area contributed by atoms with Crippen LogP contribution in [0.1, 0.15) is 0 Å². The van der Waals surface area contributed by atoms with Gasteiger partial charge in [0, 0.05) is 0 Å². The molecule has 0 aliphatic rings. The molecule has 0 unspecified atom stereocenters. The van der Waals surface area contributed by atoms with E-state index >= 15 is 0 Å². The van der Waals surface area contributed by atoms with Gasteiger partial charge in [-0.1, -0.05) is 0 Å². The first kappa shape index (κ1) is 29.3. The van der Waals surface area contributed by atoms with Gasteiger partial charge in [-0.15, -0.1) is 0 Å². The summed E-state index contributed by atoms with van der Waals surface area (Å²) in [4.78, 5) is 37.0. The SMILES string of the molecule is O=C([O-])[O-].O=[Si](O)O.O=[Si](O)O.[Na+].[Na+]. The van der Waals surface area contributed by atoms with Gasteiger partial charge < -0.3 is 34.2 Å². The number of carbonyl (C=O) groups excluding carboxylic acids is 1. The Morgan fingerprint density at radius 1 is 0.857 bits per heavy atom. The third-order valence-corrected chi connectivity index (χ3v) is 0. The minimum atomic E-state index is -3.13. The summed E-state index contributed by atoms with van der Waals surface area (Å²) in [6.07, 6.45) is -2.33. The molecule has 0 aromatic carbocycles. The maximum atomic E-state index is 8.74. The molecule has 0 fully saturated rings. The summed E-state index contributed by atoms with van der Waals surface area (Å²) in [5, 5.41) is 16.7. The summed E-state index contributed by atoms with van der Waals surface area (Å²) in [7, 11) is -6.26. The topological polar surface area (TPSA) is 178 Å². The van der Waals surface area contributed by atoms with Crippen LogP contribution >= 0.6 is 0 Å². The minimum absolute atomic E-state index is 0. The van der Waals surface area contributed by atoms with Crippen LogP contribution < -0.4 is 69.3 Å². The monoisotopic (exact) mass is 262 g/mol. The zero-order valence-corrected chi connectivity index (χ0v) is 13.3. The fourth-order valence-corrected chi connectivity index (χ4v) is 0. The van der Waals surface area contributed by atoms with Gasteiger partial charge >= 0.3 is 77.5 Å². The maximum absolute atomic E-state index is 8.74. The number of hydrogen-bond acceptors (Lipinski definition) is 5. The van der Waals surface area contributed by atoms with Gasteiger partial charge in [-0.3, -0.25) is 8.92 Å². The Morgan fingerprint density at radius 3 is 0.857 bits per heavy atom. The molecule has 13 heteroatoms. The van der Waals surface area contributed by atoms with Crippen LogP contribution in [0.25, 0.3) is 0 Å². The van der Waals surface area contributed by atoms with Gasteiger partial charge in [-0.2, -0.15) is 0 Å². The van der Waals surface area contributed by atoms with Crippen molar-refractivity contribution >= 4 is 24.5 Å². The van der Waals surface area contributed by atoms with E-state index < -0.39 is 24.5 Å². The van der Waals surface area contributed by atoms with E-state index in [1.165, 1.54) is 0 Å². The second kappa shape index (κ2) is 23.4. The molecule has 0 bridgehead atoms. The van der Waals surface area contributed by atoms with E-state index in [0.29, 0.717) is 0 Å². The van der Waals surface area contributed by atoms with Crippen molar-refractivity contribution in [2.75, 3.05) is 0 Å². The molecular weight excluding hydrogens is 258 g/mol. The van der Waals surface area contributed by atoms with E-state index in [9.17, 15) is 0 Å². The quantitative estimate of drug-likeness (QED) is 0.308. The molecule has 9 nitrogen and oxygen atoms in total. The number of carboxylic acid groups (broad SMARTS) is 2. The molecule has 0 saturated heterocycles. The molecule has 0 rings (SSSR count). The van der Waals surface area contributed by atoms with E-state index in [-0.39, 0.29) is 59.1 Å². The van der Waals surface area contributed by atoms with Crippen LogP contribution in [0.3, 0.4) is 0 Å². The summed E-state index contributed by atoms with van der Waals surface area (Å²) in [5.41, 5.74) is 0. The van der Waals surface area contributed by atoms with Crippen LogP contribution in [-0.4, -0.2) is 43.7 Å². The van der Waals surface area contributed by atoms with E-state index in [0.717, 1.165) is 0 Å². The average Bonchev–Trinajstić information content (AvgIpc) is 1.54. The van der Waals surface area contributed by atoms with Crippen molar-refractivity contribution in [3.05, 3.63) is 0 Å². The number of rotatable bonds is 0. The first-order valence-electron chi connectivity index (χ1n) is 1.92. The molecule has 0 spiro atoms. The van der Waals surface area contributed by atoms with Crippen molar-refractivity contribution in [3.63, 3.8) is 0 Å². The first-order chi connectivity index (χ1) is 5.20. The van der Waals surface area contributed by atoms with Crippen LogP contribution in [0.5, 0.6) is 0 Å². The maximum Gasteiger partial charge on any atom is 1.00 e. The fourth-order valence-electron chi connectivity index (χ4n) is 0. The number of carbonyl (C=O) groups is 1. The molecule has 0 amide bonds. The van der Waals surface area contributed by atoms with Gasteiger partial charge in [-0.25, -0.2) is 0 Å². The van der Waals surface area contributed by atoms with Gasteiger partial charge in [0.15, 0.2) is 0 Å². The average molecular weight is 262 g/mol. The predicted octanol–water partition coefficient (Wildman–Crippen LogP) is -11.7. The largest absolute Gasteiger partial charge is 1.00 e. The van der Waals surface area contributed by atoms with Crippen molar-refractivity contribution in [2.24, 2.45) is 0 Å². The van der Waals surface area contributed by atoms with Crippen molar-refractivity contribution in [3.8, 4) is 0 Å². The summed E-state index contributed by atoms with van der Waals surface area (Å²) in [5.74, 6) is 0. The van der Waals surface area contributed by atoms with Crippen LogP contribution in [0.2, 0.25) is 0 Å². The van der Waals surface area contributed by atoms with Crippen molar-refractivity contribution in [1.29, 1.82) is 0 Å². The molecule has 4 N–H and O–H groups in total. The molecule has 72 valence electrons.